The molecule has 2 nitrogen and oxygen atoms in total. The molecule has 0 spiro atoms. The lowest BCUT2D eigenvalue weighted by Gasteiger charge is -2.13. The Bertz CT molecular complexity index is 586. The van der Waals surface area contributed by atoms with Gasteiger partial charge in [0.05, 0.1) is 5.69 Å². The second kappa shape index (κ2) is 6.34. The standard InChI is InChI=1S/C15H16ClFN2/c1-4-12(9(2)5-6-18)10(3)13-7-11(16)8-14(19)15(13)17/h4-8,18H,3,19H2,1-2H3. The minimum Gasteiger partial charge on any atom is -0.396 e. The smallest absolute Gasteiger partial charge is 0.153 e. The van der Waals surface area contributed by atoms with Gasteiger partial charge in [0.15, 0.2) is 5.82 Å². The molecular formula is C15H16ClFN2. The third-order valence-corrected chi connectivity index (χ3v) is 2.98. The third kappa shape index (κ3) is 3.32. The molecule has 0 aliphatic carbocycles. The summed E-state index contributed by atoms with van der Waals surface area (Å²) in [5.41, 5.74) is 7.90. The molecule has 1 rings (SSSR count). The van der Waals surface area contributed by atoms with Gasteiger partial charge in [0.2, 0.25) is 0 Å². The van der Waals surface area contributed by atoms with E-state index in [4.69, 9.17) is 22.7 Å². The molecule has 0 unspecified atom stereocenters. The molecule has 1 aromatic carbocycles. The van der Waals surface area contributed by atoms with Crippen LogP contribution in [0.4, 0.5) is 10.1 Å². The molecular weight excluding hydrogens is 263 g/mol. The maximum absolute atomic E-state index is 14.0. The Morgan fingerprint density at radius 3 is 2.63 bits per heavy atom. The maximum Gasteiger partial charge on any atom is 0.153 e. The topological polar surface area (TPSA) is 49.9 Å². The Hall–Kier alpha value is -1.87. The molecule has 0 saturated carbocycles. The lowest BCUT2D eigenvalue weighted by atomic mass is 9.93. The fourth-order valence-corrected chi connectivity index (χ4v) is 2.06. The highest BCUT2D eigenvalue weighted by atomic mass is 35.5. The van der Waals surface area contributed by atoms with Crippen LogP contribution in [0.5, 0.6) is 0 Å². The molecule has 1 aromatic rings. The molecule has 0 radical (unpaired) electrons. The second-order valence-corrected chi connectivity index (χ2v) is 4.49. The molecule has 3 N–H and O–H groups in total. The maximum atomic E-state index is 14.0. The van der Waals surface area contributed by atoms with Gasteiger partial charge in [-0.2, -0.15) is 0 Å². The fourth-order valence-electron chi connectivity index (χ4n) is 1.83. The molecule has 0 amide bonds. The first-order chi connectivity index (χ1) is 8.92. The van der Waals surface area contributed by atoms with Crippen LogP contribution in [-0.2, 0) is 0 Å². The molecule has 0 aliphatic rings. The summed E-state index contributed by atoms with van der Waals surface area (Å²) in [5.74, 6) is -0.531. The van der Waals surface area contributed by atoms with Gasteiger partial charge >= 0.3 is 0 Å². The fraction of sp³-hybridized carbons (Fsp3) is 0.133. The van der Waals surface area contributed by atoms with E-state index in [-0.39, 0.29) is 11.3 Å². The molecule has 0 atom stereocenters. The van der Waals surface area contributed by atoms with Gasteiger partial charge in [0.1, 0.15) is 0 Å². The zero-order valence-corrected chi connectivity index (χ0v) is 11.7. The zero-order valence-electron chi connectivity index (χ0n) is 10.9. The number of nitrogen functional groups attached to an aromatic ring is 1. The van der Waals surface area contributed by atoms with Crippen molar-refractivity contribution in [3.8, 4) is 0 Å². The van der Waals surface area contributed by atoms with Crippen LogP contribution in [0.2, 0.25) is 5.02 Å². The van der Waals surface area contributed by atoms with Crippen LogP contribution in [0.1, 0.15) is 19.4 Å². The molecule has 4 heteroatoms. The molecule has 0 aliphatic heterocycles. The van der Waals surface area contributed by atoms with Crippen LogP contribution in [0.25, 0.3) is 5.57 Å². The number of hydrogen-bond acceptors (Lipinski definition) is 2. The first-order valence-electron chi connectivity index (χ1n) is 5.70. The quantitative estimate of drug-likeness (QED) is 0.471. The van der Waals surface area contributed by atoms with Crippen molar-refractivity contribution < 1.29 is 4.39 Å². The van der Waals surface area contributed by atoms with Gasteiger partial charge in [-0.05, 0) is 48.8 Å². The summed E-state index contributed by atoms with van der Waals surface area (Å²) in [7, 11) is 0. The first kappa shape index (κ1) is 15.2. The Labute approximate surface area is 117 Å². The average molecular weight is 279 g/mol. The van der Waals surface area contributed by atoms with E-state index >= 15 is 0 Å². The summed E-state index contributed by atoms with van der Waals surface area (Å²) in [5, 5.41) is 7.44. The van der Waals surface area contributed by atoms with Gasteiger partial charge in [0.25, 0.3) is 0 Å². The van der Waals surface area contributed by atoms with E-state index in [1.807, 2.05) is 19.9 Å². The Kier molecular flexibility index (Phi) is 5.07. The van der Waals surface area contributed by atoms with Crippen molar-refractivity contribution in [1.29, 1.82) is 5.41 Å². The average Bonchev–Trinajstić information content (AvgIpc) is 2.34. The Morgan fingerprint density at radius 1 is 1.47 bits per heavy atom. The summed E-state index contributed by atoms with van der Waals surface area (Å²) in [6.45, 7) is 7.56. The van der Waals surface area contributed by atoms with E-state index in [1.54, 1.807) is 6.08 Å². The van der Waals surface area contributed by atoms with Crippen LogP contribution in [-0.4, -0.2) is 6.21 Å². The van der Waals surface area contributed by atoms with Gasteiger partial charge in [-0.15, -0.1) is 0 Å². The molecule has 0 heterocycles. The summed E-state index contributed by atoms with van der Waals surface area (Å²) in [6, 6.07) is 2.86. The van der Waals surface area contributed by atoms with Crippen molar-refractivity contribution in [3.63, 3.8) is 0 Å². The van der Waals surface area contributed by atoms with E-state index in [0.717, 1.165) is 11.1 Å². The van der Waals surface area contributed by atoms with Crippen LogP contribution >= 0.6 is 11.6 Å². The molecule has 0 saturated heterocycles. The number of nitrogens with one attached hydrogen (secondary N) is 1. The summed E-state index contributed by atoms with van der Waals surface area (Å²) < 4.78 is 14.0. The molecule has 100 valence electrons. The highest BCUT2D eigenvalue weighted by Crippen LogP contribution is 2.32. The predicted octanol–water partition coefficient (Wildman–Crippen LogP) is 4.62. The van der Waals surface area contributed by atoms with E-state index in [9.17, 15) is 4.39 Å². The number of allylic oxidation sites excluding steroid dienone is 5. The zero-order chi connectivity index (χ0) is 14.6. The summed E-state index contributed by atoms with van der Waals surface area (Å²) in [6.07, 6.45) is 4.61. The molecule has 19 heavy (non-hydrogen) atoms. The third-order valence-electron chi connectivity index (χ3n) is 2.76. The lowest BCUT2D eigenvalue weighted by Crippen LogP contribution is -1.99. The van der Waals surface area contributed by atoms with Crippen molar-refractivity contribution in [2.24, 2.45) is 0 Å². The predicted molar refractivity (Wildman–Crippen MR) is 81.2 cm³/mol. The number of nitrogens with two attached hydrogens (primary N) is 1. The van der Waals surface area contributed by atoms with Gasteiger partial charge in [0, 0.05) is 16.8 Å². The SMILES string of the molecule is C=C(C(=CC)C(C)=CC=N)c1cc(Cl)cc(N)c1F. The minimum atomic E-state index is -0.531. The minimum absolute atomic E-state index is 0.00668. The number of rotatable bonds is 4. The van der Waals surface area contributed by atoms with Crippen molar-refractivity contribution in [1.82, 2.24) is 0 Å². The highest BCUT2D eigenvalue weighted by Gasteiger charge is 2.14. The van der Waals surface area contributed by atoms with E-state index < -0.39 is 5.82 Å². The van der Waals surface area contributed by atoms with Gasteiger partial charge in [-0.25, -0.2) is 4.39 Å². The second-order valence-electron chi connectivity index (χ2n) is 4.05. The van der Waals surface area contributed by atoms with Crippen LogP contribution in [0, 0.1) is 11.2 Å². The number of benzene rings is 1. The van der Waals surface area contributed by atoms with Crippen molar-refractivity contribution >= 4 is 29.1 Å². The largest absolute Gasteiger partial charge is 0.396 e. The van der Waals surface area contributed by atoms with Gasteiger partial charge < -0.3 is 11.1 Å². The van der Waals surface area contributed by atoms with E-state index in [2.05, 4.69) is 6.58 Å². The van der Waals surface area contributed by atoms with E-state index in [1.165, 1.54) is 18.3 Å². The van der Waals surface area contributed by atoms with Crippen molar-refractivity contribution in [2.45, 2.75) is 13.8 Å². The summed E-state index contributed by atoms with van der Waals surface area (Å²) >= 11 is 5.90. The number of anilines is 1. The van der Waals surface area contributed by atoms with Crippen LogP contribution < -0.4 is 5.73 Å². The molecule has 0 aromatic heterocycles. The monoisotopic (exact) mass is 278 g/mol. The van der Waals surface area contributed by atoms with Gasteiger partial charge in [-0.1, -0.05) is 24.3 Å². The first-order valence-corrected chi connectivity index (χ1v) is 6.08. The molecule has 0 fully saturated rings. The normalized spacial score (nSPS) is 12.4. The van der Waals surface area contributed by atoms with Crippen molar-refractivity contribution in [2.75, 3.05) is 5.73 Å². The summed E-state index contributed by atoms with van der Waals surface area (Å²) in [4.78, 5) is 0. The number of halogens is 2. The lowest BCUT2D eigenvalue weighted by molar-refractivity contribution is 0.629. The molecule has 0 bridgehead atoms. The Morgan fingerprint density at radius 2 is 2.11 bits per heavy atom. The highest BCUT2D eigenvalue weighted by molar-refractivity contribution is 6.31. The Balaban J connectivity index is 3.34. The number of hydrogen-bond donors (Lipinski definition) is 2. The van der Waals surface area contributed by atoms with Crippen LogP contribution in [0.15, 0.2) is 42.0 Å². The van der Waals surface area contributed by atoms with E-state index in [0.29, 0.717) is 10.6 Å². The van der Waals surface area contributed by atoms with Crippen LogP contribution in [0.3, 0.4) is 0 Å². The van der Waals surface area contributed by atoms with Gasteiger partial charge in [-0.3, -0.25) is 0 Å². The van der Waals surface area contributed by atoms with Crippen molar-refractivity contribution in [3.05, 3.63) is 58.4 Å².